The number of hydrogen-bond donors (Lipinski definition) is 1. The van der Waals surface area contributed by atoms with Crippen LogP contribution in [0.15, 0.2) is 12.3 Å². The molecule has 0 bridgehead atoms. The SMILES string of the molecule is COC(=O)c1c(NC(=O)OC(C)(C)C)nn2ccc(OC)nc12. The van der Waals surface area contributed by atoms with Gasteiger partial charge in [0.15, 0.2) is 11.5 Å². The largest absolute Gasteiger partial charge is 0.481 e. The van der Waals surface area contributed by atoms with E-state index in [4.69, 9.17) is 14.2 Å². The molecule has 2 aromatic heterocycles. The van der Waals surface area contributed by atoms with E-state index in [0.29, 0.717) is 5.88 Å². The van der Waals surface area contributed by atoms with Crippen molar-refractivity contribution in [3.8, 4) is 5.88 Å². The second kappa shape index (κ2) is 6.11. The Morgan fingerprint density at radius 1 is 1.26 bits per heavy atom. The van der Waals surface area contributed by atoms with Crippen LogP contribution >= 0.6 is 0 Å². The molecule has 1 amide bonds. The van der Waals surface area contributed by atoms with Crippen LogP contribution in [0.1, 0.15) is 31.1 Å². The third-order valence-corrected chi connectivity index (χ3v) is 2.68. The van der Waals surface area contributed by atoms with E-state index in [2.05, 4.69) is 15.4 Å². The van der Waals surface area contributed by atoms with E-state index < -0.39 is 17.7 Å². The summed E-state index contributed by atoms with van der Waals surface area (Å²) in [4.78, 5) is 28.1. The van der Waals surface area contributed by atoms with Gasteiger partial charge >= 0.3 is 12.1 Å². The lowest BCUT2D eigenvalue weighted by Crippen LogP contribution is -2.27. The van der Waals surface area contributed by atoms with Crippen molar-refractivity contribution >= 4 is 23.5 Å². The van der Waals surface area contributed by atoms with Crippen LogP contribution in [0.3, 0.4) is 0 Å². The molecule has 23 heavy (non-hydrogen) atoms. The summed E-state index contributed by atoms with van der Waals surface area (Å²) in [5.41, 5.74) is -0.476. The zero-order chi connectivity index (χ0) is 17.2. The van der Waals surface area contributed by atoms with Crippen molar-refractivity contribution in [1.82, 2.24) is 14.6 Å². The summed E-state index contributed by atoms with van der Waals surface area (Å²) in [6, 6.07) is 1.57. The summed E-state index contributed by atoms with van der Waals surface area (Å²) in [5.74, 6) is -0.398. The highest BCUT2D eigenvalue weighted by Crippen LogP contribution is 2.22. The van der Waals surface area contributed by atoms with E-state index in [1.807, 2.05) is 0 Å². The highest BCUT2D eigenvalue weighted by Gasteiger charge is 2.25. The highest BCUT2D eigenvalue weighted by molar-refractivity contribution is 6.03. The third-order valence-electron chi connectivity index (χ3n) is 2.68. The molecule has 0 aliphatic carbocycles. The topological polar surface area (TPSA) is 104 Å². The van der Waals surface area contributed by atoms with Gasteiger partial charge in [0.1, 0.15) is 11.2 Å². The number of nitrogens with zero attached hydrogens (tertiary/aromatic N) is 3. The molecule has 0 saturated heterocycles. The van der Waals surface area contributed by atoms with E-state index in [1.165, 1.54) is 18.7 Å². The average Bonchev–Trinajstić information content (AvgIpc) is 2.80. The van der Waals surface area contributed by atoms with Gasteiger partial charge < -0.3 is 14.2 Å². The van der Waals surface area contributed by atoms with Crippen molar-refractivity contribution in [2.24, 2.45) is 0 Å². The Bertz CT molecular complexity index is 747. The number of ether oxygens (including phenoxy) is 3. The quantitative estimate of drug-likeness (QED) is 0.860. The Hall–Kier alpha value is -2.84. The summed E-state index contributed by atoms with van der Waals surface area (Å²) in [7, 11) is 2.68. The number of hydrogen-bond acceptors (Lipinski definition) is 7. The lowest BCUT2D eigenvalue weighted by atomic mass is 10.2. The minimum Gasteiger partial charge on any atom is -0.481 e. The van der Waals surface area contributed by atoms with Crippen LogP contribution in [0.5, 0.6) is 5.88 Å². The molecule has 9 nitrogen and oxygen atoms in total. The van der Waals surface area contributed by atoms with Crippen LogP contribution in [0.2, 0.25) is 0 Å². The molecule has 1 N–H and O–H groups in total. The minimum atomic E-state index is -0.738. The van der Waals surface area contributed by atoms with Crippen molar-refractivity contribution in [1.29, 1.82) is 0 Å². The molecule has 2 heterocycles. The Morgan fingerprint density at radius 3 is 2.52 bits per heavy atom. The molecule has 124 valence electrons. The molecule has 9 heteroatoms. The molecule has 0 aliphatic rings. The van der Waals surface area contributed by atoms with E-state index in [-0.39, 0.29) is 17.0 Å². The Balaban J connectivity index is 2.46. The van der Waals surface area contributed by atoms with Gasteiger partial charge in [-0.25, -0.2) is 14.1 Å². The molecule has 0 aromatic carbocycles. The average molecular weight is 322 g/mol. The molecule has 0 radical (unpaired) electrons. The number of methoxy groups -OCH3 is 2. The van der Waals surface area contributed by atoms with Gasteiger partial charge in [0.05, 0.1) is 14.2 Å². The summed E-state index contributed by atoms with van der Waals surface area (Å²) < 4.78 is 16.3. The number of fused-ring (bicyclic) bond motifs is 1. The molecule has 0 atom stereocenters. The van der Waals surface area contributed by atoms with Crippen molar-refractivity contribution in [3.63, 3.8) is 0 Å². The first kappa shape index (κ1) is 16.5. The summed E-state index contributed by atoms with van der Waals surface area (Å²) in [6.45, 7) is 5.18. The fraction of sp³-hybridized carbons (Fsp3) is 0.429. The molecule has 0 fully saturated rings. The first-order chi connectivity index (χ1) is 10.7. The van der Waals surface area contributed by atoms with Gasteiger partial charge in [0.2, 0.25) is 5.88 Å². The maximum absolute atomic E-state index is 12.0. The van der Waals surface area contributed by atoms with Crippen LogP contribution in [0.25, 0.3) is 5.65 Å². The van der Waals surface area contributed by atoms with E-state index >= 15 is 0 Å². The summed E-state index contributed by atoms with van der Waals surface area (Å²) in [6.07, 6.45) is 0.812. The van der Waals surface area contributed by atoms with Crippen molar-refractivity contribution in [2.75, 3.05) is 19.5 Å². The summed E-state index contributed by atoms with van der Waals surface area (Å²) in [5, 5.41) is 6.55. The predicted molar refractivity (Wildman–Crippen MR) is 80.7 cm³/mol. The Kier molecular flexibility index (Phi) is 4.39. The maximum atomic E-state index is 12.0. The number of aromatic nitrogens is 3. The number of carbonyl (C=O) groups is 2. The number of amides is 1. The van der Waals surface area contributed by atoms with Gasteiger partial charge in [-0.15, -0.1) is 5.10 Å². The monoisotopic (exact) mass is 322 g/mol. The second-order valence-electron chi connectivity index (χ2n) is 5.58. The zero-order valence-electron chi connectivity index (χ0n) is 13.5. The lowest BCUT2D eigenvalue weighted by Gasteiger charge is -2.19. The van der Waals surface area contributed by atoms with Crippen LogP contribution < -0.4 is 10.1 Å². The number of carbonyl (C=O) groups excluding carboxylic acids is 2. The third kappa shape index (κ3) is 3.68. The lowest BCUT2D eigenvalue weighted by molar-refractivity contribution is 0.0604. The first-order valence-corrected chi connectivity index (χ1v) is 6.77. The van der Waals surface area contributed by atoms with Crippen molar-refractivity contribution < 1.29 is 23.8 Å². The van der Waals surface area contributed by atoms with Crippen molar-refractivity contribution in [2.45, 2.75) is 26.4 Å². The number of rotatable bonds is 3. The Morgan fingerprint density at radius 2 is 1.96 bits per heavy atom. The molecular formula is C14H18N4O5. The highest BCUT2D eigenvalue weighted by atomic mass is 16.6. The maximum Gasteiger partial charge on any atom is 0.413 e. The molecule has 0 spiro atoms. The minimum absolute atomic E-state index is 0.00754. The van der Waals surface area contributed by atoms with Gasteiger partial charge in [-0.05, 0) is 20.8 Å². The number of anilines is 1. The van der Waals surface area contributed by atoms with Crippen LogP contribution in [0.4, 0.5) is 10.6 Å². The van der Waals surface area contributed by atoms with Gasteiger partial charge in [0.25, 0.3) is 0 Å². The fourth-order valence-electron chi connectivity index (χ4n) is 1.80. The van der Waals surface area contributed by atoms with E-state index in [9.17, 15) is 9.59 Å². The Labute approximate surface area is 132 Å². The van der Waals surface area contributed by atoms with Gasteiger partial charge in [0, 0.05) is 12.3 Å². The summed E-state index contributed by atoms with van der Waals surface area (Å²) >= 11 is 0. The molecule has 2 aromatic rings. The van der Waals surface area contributed by atoms with Gasteiger partial charge in [-0.1, -0.05) is 0 Å². The molecule has 0 unspecified atom stereocenters. The van der Waals surface area contributed by atoms with Crippen LogP contribution in [0, 0.1) is 0 Å². The van der Waals surface area contributed by atoms with Crippen LogP contribution in [-0.4, -0.2) is 46.5 Å². The molecule has 0 saturated carbocycles. The number of nitrogens with one attached hydrogen (secondary N) is 1. The van der Waals surface area contributed by atoms with Gasteiger partial charge in [-0.2, -0.15) is 4.98 Å². The molecular weight excluding hydrogens is 304 g/mol. The van der Waals surface area contributed by atoms with E-state index in [0.717, 1.165) is 0 Å². The van der Waals surface area contributed by atoms with E-state index in [1.54, 1.807) is 33.0 Å². The zero-order valence-corrected chi connectivity index (χ0v) is 13.5. The van der Waals surface area contributed by atoms with Gasteiger partial charge in [-0.3, -0.25) is 5.32 Å². The molecule has 2 rings (SSSR count). The smallest absolute Gasteiger partial charge is 0.413 e. The fourth-order valence-corrected chi connectivity index (χ4v) is 1.80. The predicted octanol–water partition coefficient (Wildman–Crippen LogP) is 1.87. The van der Waals surface area contributed by atoms with Crippen molar-refractivity contribution in [3.05, 3.63) is 17.8 Å². The second-order valence-corrected chi connectivity index (χ2v) is 5.58. The van der Waals surface area contributed by atoms with Crippen LogP contribution in [-0.2, 0) is 9.47 Å². The number of esters is 1. The normalized spacial score (nSPS) is 11.2. The standard InChI is InChI=1S/C14H18N4O5/c1-14(2,3)23-13(20)16-10-9(12(19)22-5)11-15-8(21-4)6-7-18(11)17-10/h6-7H,1-5H3,(H,16,17,20). The molecule has 0 aliphatic heterocycles. The first-order valence-electron chi connectivity index (χ1n) is 6.77.